The number of nitrogens with two attached hydrogens (primary N) is 1. The van der Waals surface area contributed by atoms with Crippen molar-refractivity contribution in [2.75, 3.05) is 12.3 Å². The fourth-order valence-electron chi connectivity index (χ4n) is 3.13. The van der Waals surface area contributed by atoms with Crippen LogP contribution in [0.4, 0.5) is 5.69 Å². The summed E-state index contributed by atoms with van der Waals surface area (Å²) >= 11 is 0. The van der Waals surface area contributed by atoms with Gasteiger partial charge >= 0.3 is 0 Å². The van der Waals surface area contributed by atoms with Crippen LogP contribution in [0.5, 0.6) is 0 Å². The van der Waals surface area contributed by atoms with Gasteiger partial charge in [-0.05, 0) is 47.9 Å². The van der Waals surface area contributed by atoms with E-state index in [2.05, 4.69) is 0 Å². The first-order valence-corrected chi connectivity index (χ1v) is 10.3. The molecule has 0 aliphatic rings. The van der Waals surface area contributed by atoms with E-state index in [1.165, 1.54) is 0 Å². The maximum Gasteiger partial charge on any atom is 0.183 e. The zero-order valence-corrected chi connectivity index (χ0v) is 15.4. The molecule has 3 aromatic carbocycles. The van der Waals surface area contributed by atoms with Gasteiger partial charge in [0.25, 0.3) is 0 Å². The Morgan fingerprint density at radius 3 is 2.50 bits per heavy atom. The van der Waals surface area contributed by atoms with Crippen LogP contribution in [-0.2, 0) is 22.0 Å². The van der Waals surface area contributed by atoms with Crippen molar-refractivity contribution < 1.29 is 13.5 Å². The van der Waals surface area contributed by atoms with Gasteiger partial charge in [0, 0.05) is 17.7 Å². The second-order valence-corrected chi connectivity index (χ2v) is 8.41. The molecule has 0 aromatic heterocycles. The second kappa shape index (κ2) is 7.89. The Morgan fingerprint density at radius 2 is 1.69 bits per heavy atom. The molecule has 0 aliphatic heterocycles. The number of anilines is 1. The van der Waals surface area contributed by atoms with Crippen molar-refractivity contribution in [1.82, 2.24) is 0 Å². The summed E-state index contributed by atoms with van der Waals surface area (Å²) in [6.45, 7) is 0.164. The molecule has 3 rings (SSSR count). The molecule has 3 N–H and O–H groups in total. The van der Waals surface area contributed by atoms with Crippen molar-refractivity contribution in [3.05, 3.63) is 71.8 Å². The number of fused-ring (bicyclic) bond motifs is 1. The Hall–Kier alpha value is -2.37. The topological polar surface area (TPSA) is 80.4 Å². The third-order valence-electron chi connectivity index (χ3n) is 4.51. The number of nitrogen functional groups attached to an aromatic ring is 1. The Kier molecular flexibility index (Phi) is 5.59. The summed E-state index contributed by atoms with van der Waals surface area (Å²) in [6, 6.07) is 18.4. The first-order chi connectivity index (χ1) is 12.5. The molecule has 0 saturated heterocycles. The number of aliphatic hydroxyl groups excluding tert-OH is 1. The van der Waals surface area contributed by atoms with Crippen LogP contribution in [0.2, 0.25) is 0 Å². The zero-order valence-electron chi connectivity index (χ0n) is 14.6. The van der Waals surface area contributed by atoms with Crippen LogP contribution in [0.3, 0.4) is 0 Å². The van der Waals surface area contributed by atoms with Gasteiger partial charge in [-0.15, -0.1) is 0 Å². The Balaban J connectivity index is 1.93. The molecule has 5 heteroatoms. The molecule has 0 saturated carbocycles. The minimum atomic E-state index is -3.52. The van der Waals surface area contributed by atoms with E-state index in [1.807, 2.05) is 42.5 Å². The van der Waals surface area contributed by atoms with Crippen LogP contribution in [0, 0.1) is 0 Å². The number of rotatable bonds is 7. The van der Waals surface area contributed by atoms with Crippen molar-refractivity contribution in [2.24, 2.45) is 0 Å². The highest BCUT2D eigenvalue weighted by Crippen LogP contribution is 2.27. The van der Waals surface area contributed by atoms with Crippen LogP contribution >= 0.6 is 0 Å². The monoisotopic (exact) mass is 369 g/mol. The van der Waals surface area contributed by atoms with Gasteiger partial charge in [0.05, 0.1) is 10.6 Å². The fraction of sp³-hybridized carbons (Fsp3) is 0.238. The lowest BCUT2D eigenvalue weighted by molar-refractivity contribution is 0.284. The number of benzene rings is 3. The highest BCUT2D eigenvalue weighted by molar-refractivity contribution is 7.90. The van der Waals surface area contributed by atoms with Crippen LogP contribution in [0.1, 0.15) is 24.0 Å². The first-order valence-electron chi connectivity index (χ1n) is 8.70. The van der Waals surface area contributed by atoms with Gasteiger partial charge in [-0.3, -0.25) is 0 Å². The van der Waals surface area contributed by atoms with Gasteiger partial charge in [-0.1, -0.05) is 48.5 Å². The molecule has 0 fully saturated rings. The summed E-state index contributed by atoms with van der Waals surface area (Å²) in [4.78, 5) is 0.334. The van der Waals surface area contributed by atoms with Crippen LogP contribution in [0.15, 0.2) is 65.6 Å². The van der Waals surface area contributed by atoms with Gasteiger partial charge in [-0.25, -0.2) is 8.42 Å². The van der Waals surface area contributed by atoms with Crippen molar-refractivity contribution in [2.45, 2.75) is 29.9 Å². The predicted molar refractivity (Wildman–Crippen MR) is 106 cm³/mol. The lowest BCUT2D eigenvalue weighted by Gasteiger charge is -2.11. The summed E-state index contributed by atoms with van der Waals surface area (Å²) in [5.41, 5.74) is 8.19. The normalized spacial score (nSPS) is 11.7. The number of sulfone groups is 1. The van der Waals surface area contributed by atoms with E-state index in [1.54, 1.807) is 18.2 Å². The van der Waals surface area contributed by atoms with Crippen molar-refractivity contribution in [3.63, 3.8) is 0 Å². The maximum atomic E-state index is 13.1. The molecule has 0 radical (unpaired) electrons. The van der Waals surface area contributed by atoms with Gasteiger partial charge in [-0.2, -0.15) is 0 Å². The zero-order chi connectivity index (χ0) is 18.6. The summed E-state index contributed by atoms with van der Waals surface area (Å²) in [5, 5.41) is 10.5. The third-order valence-corrected chi connectivity index (χ3v) is 6.23. The smallest absolute Gasteiger partial charge is 0.183 e. The molecule has 0 unspecified atom stereocenters. The number of hydrogen-bond donors (Lipinski definition) is 2. The van der Waals surface area contributed by atoms with Gasteiger partial charge < -0.3 is 10.8 Å². The standard InChI is InChI=1S/C21H23NO3S/c22-20-12-11-16(6-3-4-13-23)14-18(20)15-26(24,25)21-10-5-8-17-7-1-2-9-19(17)21/h1-2,5,7-12,14,23H,3-4,6,13,15,22H2. The fourth-order valence-corrected chi connectivity index (χ4v) is 4.75. The van der Waals surface area contributed by atoms with E-state index in [0.29, 0.717) is 16.1 Å². The van der Waals surface area contributed by atoms with Crippen molar-refractivity contribution in [3.8, 4) is 0 Å². The minimum absolute atomic E-state index is 0.124. The molecule has 0 spiro atoms. The SMILES string of the molecule is Nc1ccc(CCCCO)cc1CS(=O)(=O)c1cccc2ccccc12. The van der Waals surface area contributed by atoms with E-state index >= 15 is 0 Å². The van der Waals surface area contributed by atoms with E-state index in [4.69, 9.17) is 10.8 Å². The Morgan fingerprint density at radius 1 is 0.923 bits per heavy atom. The highest BCUT2D eigenvalue weighted by atomic mass is 32.2. The largest absolute Gasteiger partial charge is 0.398 e. The molecule has 0 bridgehead atoms. The van der Waals surface area contributed by atoms with E-state index in [9.17, 15) is 8.42 Å². The molecule has 0 aliphatic carbocycles. The quantitative estimate of drug-likeness (QED) is 0.491. The average molecular weight is 369 g/mol. The molecular formula is C21H23NO3S. The van der Waals surface area contributed by atoms with Crippen LogP contribution < -0.4 is 5.73 Å². The van der Waals surface area contributed by atoms with Crippen LogP contribution in [-0.4, -0.2) is 20.1 Å². The molecule has 3 aromatic rings. The first kappa shape index (κ1) is 18.4. The molecule has 0 heterocycles. The van der Waals surface area contributed by atoms with E-state index in [-0.39, 0.29) is 12.4 Å². The predicted octanol–water partition coefficient (Wildman–Crippen LogP) is 3.71. The molecule has 26 heavy (non-hydrogen) atoms. The third kappa shape index (κ3) is 4.06. The number of aliphatic hydroxyl groups is 1. The van der Waals surface area contributed by atoms with Gasteiger partial charge in [0.1, 0.15) is 0 Å². The van der Waals surface area contributed by atoms with E-state index < -0.39 is 9.84 Å². The molecule has 136 valence electrons. The minimum Gasteiger partial charge on any atom is -0.398 e. The molecule has 0 atom stereocenters. The number of aryl methyl sites for hydroxylation is 1. The average Bonchev–Trinajstić information content (AvgIpc) is 2.64. The van der Waals surface area contributed by atoms with Gasteiger partial charge in [0.15, 0.2) is 9.84 Å². The Labute approximate surface area is 154 Å². The van der Waals surface area contributed by atoms with Crippen molar-refractivity contribution >= 4 is 26.3 Å². The maximum absolute atomic E-state index is 13.1. The lowest BCUT2D eigenvalue weighted by Crippen LogP contribution is -2.08. The highest BCUT2D eigenvalue weighted by Gasteiger charge is 2.19. The van der Waals surface area contributed by atoms with Crippen LogP contribution in [0.25, 0.3) is 10.8 Å². The van der Waals surface area contributed by atoms with Crippen molar-refractivity contribution in [1.29, 1.82) is 0 Å². The van der Waals surface area contributed by atoms with Gasteiger partial charge in [0.2, 0.25) is 0 Å². The molecular weight excluding hydrogens is 346 g/mol. The molecule has 0 amide bonds. The second-order valence-electron chi connectivity index (χ2n) is 6.45. The molecule has 4 nitrogen and oxygen atoms in total. The summed E-state index contributed by atoms with van der Waals surface area (Å²) in [7, 11) is -3.52. The summed E-state index contributed by atoms with van der Waals surface area (Å²) in [6.07, 6.45) is 2.38. The van der Waals surface area contributed by atoms with E-state index in [0.717, 1.165) is 35.6 Å². The number of hydrogen-bond acceptors (Lipinski definition) is 4. The number of unbranched alkanes of at least 4 members (excludes halogenated alkanes) is 1. The lowest BCUT2D eigenvalue weighted by atomic mass is 10.0. The summed E-state index contributed by atoms with van der Waals surface area (Å²) < 4.78 is 26.1. The summed E-state index contributed by atoms with van der Waals surface area (Å²) in [5.74, 6) is -0.124. The Bertz CT molecular complexity index is 1010.